The number of Topliss-reactive ketones (excluding diaryl/α,β-unsaturated/α-hetero) is 1. The van der Waals surface area contributed by atoms with E-state index in [1.807, 2.05) is 4.90 Å². The molecular weight excluding hydrogens is 271 g/mol. The van der Waals surface area contributed by atoms with Gasteiger partial charge in [-0.05, 0) is 37.1 Å². The lowest BCUT2D eigenvalue weighted by atomic mass is 10.1. The van der Waals surface area contributed by atoms with Gasteiger partial charge in [-0.15, -0.1) is 0 Å². The Kier molecular flexibility index (Phi) is 5.44. The van der Waals surface area contributed by atoms with E-state index in [0.717, 1.165) is 25.7 Å². The van der Waals surface area contributed by atoms with Crippen LogP contribution in [0.3, 0.4) is 0 Å². The number of nitrogens with two attached hydrogens (primary N) is 1. The summed E-state index contributed by atoms with van der Waals surface area (Å²) in [7, 11) is 0. The van der Waals surface area contributed by atoms with Crippen LogP contribution >= 0.6 is 0 Å². The van der Waals surface area contributed by atoms with Gasteiger partial charge >= 0.3 is 0 Å². The Morgan fingerprint density at radius 1 is 1.19 bits per heavy atom. The van der Waals surface area contributed by atoms with Crippen molar-refractivity contribution in [2.75, 3.05) is 13.1 Å². The van der Waals surface area contributed by atoms with E-state index in [1.54, 1.807) is 0 Å². The first kappa shape index (κ1) is 15.6. The number of carbonyl (C=O) groups excluding carboxylic acids is 2. The number of nitrogens with zero attached hydrogens (tertiary/aromatic N) is 1. The summed E-state index contributed by atoms with van der Waals surface area (Å²) >= 11 is 0. The molecule has 1 aliphatic rings. The van der Waals surface area contributed by atoms with Crippen molar-refractivity contribution in [3.8, 4) is 0 Å². The number of halogens is 1. The number of hydrogen-bond acceptors (Lipinski definition) is 3. The molecule has 0 bridgehead atoms. The van der Waals surface area contributed by atoms with E-state index in [9.17, 15) is 14.0 Å². The molecule has 114 valence electrons. The molecule has 0 heterocycles. The van der Waals surface area contributed by atoms with E-state index in [4.69, 9.17) is 5.73 Å². The Morgan fingerprint density at radius 2 is 1.81 bits per heavy atom. The second kappa shape index (κ2) is 7.31. The number of carbonyl (C=O) groups is 2. The van der Waals surface area contributed by atoms with Gasteiger partial charge in [0, 0.05) is 24.6 Å². The summed E-state index contributed by atoms with van der Waals surface area (Å²) in [4.78, 5) is 25.3. The monoisotopic (exact) mass is 292 g/mol. The summed E-state index contributed by atoms with van der Waals surface area (Å²) in [6.07, 6.45) is 4.74. The van der Waals surface area contributed by atoms with Crippen molar-refractivity contribution in [2.24, 2.45) is 5.73 Å². The molecule has 5 heteroatoms. The predicted octanol–water partition coefficient (Wildman–Crippen LogP) is 2.13. The van der Waals surface area contributed by atoms with E-state index in [0.29, 0.717) is 24.6 Å². The Balaban J connectivity index is 1.92. The summed E-state index contributed by atoms with van der Waals surface area (Å²) in [5.41, 5.74) is 5.79. The zero-order chi connectivity index (χ0) is 15.2. The quantitative estimate of drug-likeness (QED) is 0.783. The van der Waals surface area contributed by atoms with Crippen molar-refractivity contribution in [1.29, 1.82) is 0 Å². The van der Waals surface area contributed by atoms with Gasteiger partial charge in [-0.1, -0.05) is 12.8 Å². The minimum absolute atomic E-state index is 0.0394. The number of amides is 1. The molecule has 0 unspecified atom stereocenters. The standard InChI is InChI=1S/C16H21FN2O2/c17-13-7-5-12(6-8-13)15(20)9-10-19(11-16(18)21)14-3-1-2-4-14/h5-8,14H,1-4,9-11H2,(H2,18,21). The second-order valence-electron chi connectivity index (χ2n) is 5.56. The molecule has 0 aliphatic heterocycles. The maximum atomic E-state index is 12.8. The topological polar surface area (TPSA) is 63.4 Å². The summed E-state index contributed by atoms with van der Waals surface area (Å²) in [5.74, 6) is -0.758. The third-order valence-corrected chi connectivity index (χ3v) is 3.99. The van der Waals surface area contributed by atoms with Crippen LogP contribution in [0.15, 0.2) is 24.3 Å². The first-order valence-electron chi connectivity index (χ1n) is 7.37. The highest BCUT2D eigenvalue weighted by molar-refractivity contribution is 5.96. The molecule has 1 aliphatic carbocycles. The molecule has 1 aromatic rings. The zero-order valence-electron chi connectivity index (χ0n) is 12.1. The van der Waals surface area contributed by atoms with Gasteiger partial charge < -0.3 is 5.73 Å². The van der Waals surface area contributed by atoms with E-state index in [2.05, 4.69) is 0 Å². The fourth-order valence-corrected chi connectivity index (χ4v) is 2.89. The maximum Gasteiger partial charge on any atom is 0.231 e. The minimum Gasteiger partial charge on any atom is -0.369 e. The van der Waals surface area contributed by atoms with Crippen LogP contribution in [0.1, 0.15) is 42.5 Å². The summed E-state index contributed by atoms with van der Waals surface area (Å²) in [5, 5.41) is 0. The van der Waals surface area contributed by atoms with Crippen molar-refractivity contribution >= 4 is 11.7 Å². The van der Waals surface area contributed by atoms with Crippen LogP contribution in [0.5, 0.6) is 0 Å². The Morgan fingerprint density at radius 3 is 2.38 bits per heavy atom. The predicted molar refractivity (Wildman–Crippen MR) is 78.4 cm³/mol. The highest BCUT2D eigenvalue weighted by Gasteiger charge is 2.24. The highest BCUT2D eigenvalue weighted by atomic mass is 19.1. The normalized spacial score (nSPS) is 15.5. The van der Waals surface area contributed by atoms with Crippen LogP contribution in [-0.2, 0) is 4.79 Å². The number of benzene rings is 1. The highest BCUT2D eigenvalue weighted by Crippen LogP contribution is 2.23. The fourth-order valence-electron chi connectivity index (χ4n) is 2.89. The van der Waals surface area contributed by atoms with Gasteiger partial charge in [0.05, 0.1) is 6.54 Å². The van der Waals surface area contributed by atoms with Crippen LogP contribution in [0.4, 0.5) is 4.39 Å². The molecule has 1 saturated carbocycles. The van der Waals surface area contributed by atoms with Crippen LogP contribution in [0, 0.1) is 5.82 Å². The molecule has 2 N–H and O–H groups in total. The molecule has 0 atom stereocenters. The Bertz CT molecular complexity index is 496. The molecule has 0 aromatic heterocycles. The van der Waals surface area contributed by atoms with Crippen LogP contribution in [0.25, 0.3) is 0 Å². The molecule has 0 radical (unpaired) electrons. The third-order valence-electron chi connectivity index (χ3n) is 3.99. The van der Waals surface area contributed by atoms with Crippen molar-refractivity contribution in [3.63, 3.8) is 0 Å². The Labute approximate surface area is 124 Å². The van der Waals surface area contributed by atoms with Crippen molar-refractivity contribution in [1.82, 2.24) is 4.90 Å². The third kappa shape index (κ3) is 4.63. The van der Waals surface area contributed by atoms with Gasteiger partial charge in [-0.2, -0.15) is 0 Å². The van der Waals surface area contributed by atoms with E-state index < -0.39 is 0 Å². The maximum absolute atomic E-state index is 12.8. The first-order chi connectivity index (χ1) is 10.1. The Hall–Kier alpha value is -1.75. The smallest absolute Gasteiger partial charge is 0.231 e. The SMILES string of the molecule is NC(=O)CN(CCC(=O)c1ccc(F)cc1)C1CCCC1. The molecule has 0 saturated heterocycles. The summed E-state index contributed by atoms with van der Waals surface area (Å²) < 4.78 is 12.8. The zero-order valence-corrected chi connectivity index (χ0v) is 12.1. The van der Waals surface area contributed by atoms with Gasteiger partial charge in [0.15, 0.2) is 5.78 Å². The number of hydrogen-bond donors (Lipinski definition) is 1. The molecule has 2 rings (SSSR count). The number of primary amides is 1. The van der Waals surface area contributed by atoms with E-state index in [-0.39, 0.29) is 24.1 Å². The molecule has 1 amide bonds. The lowest BCUT2D eigenvalue weighted by molar-refractivity contribution is -0.119. The first-order valence-corrected chi connectivity index (χ1v) is 7.37. The average Bonchev–Trinajstić information content (AvgIpc) is 2.97. The van der Waals surface area contributed by atoms with Gasteiger partial charge in [0.2, 0.25) is 5.91 Å². The number of ketones is 1. The van der Waals surface area contributed by atoms with E-state index >= 15 is 0 Å². The summed E-state index contributed by atoms with van der Waals surface area (Å²) in [6, 6.07) is 5.90. The molecule has 4 nitrogen and oxygen atoms in total. The minimum atomic E-state index is -0.365. The van der Waals surface area contributed by atoms with Crippen molar-refractivity contribution in [3.05, 3.63) is 35.6 Å². The van der Waals surface area contributed by atoms with Gasteiger partial charge in [-0.25, -0.2) is 4.39 Å². The average molecular weight is 292 g/mol. The number of rotatable bonds is 7. The van der Waals surface area contributed by atoms with Crippen LogP contribution < -0.4 is 5.73 Å². The molecule has 0 spiro atoms. The van der Waals surface area contributed by atoms with Crippen molar-refractivity contribution < 1.29 is 14.0 Å². The molecule has 1 fully saturated rings. The van der Waals surface area contributed by atoms with Gasteiger partial charge in [0.25, 0.3) is 0 Å². The largest absolute Gasteiger partial charge is 0.369 e. The van der Waals surface area contributed by atoms with E-state index in [1.165, 1.54) is 24.3 Å². The van der Waals surface area contributed by atoms with Crippen LogP contribution in [0.2, 0.25) is 0 Å². The van der Waals surface area contributed by atoms with Crippen molar-refractivity contribution in [2.45, 2.75) is 38.1 Å². The summed E-state index contributed by atoms with van der Waals surface area (Å²) in [6.45, 7) is 0.713. The molecular formula is C16H21FN2O2. The lowest BCUT2D eigenvalue weighted by Crippen LogP contribution is -2.41. The molecule has 21 heavy (non-hydrogen) atoms. The van der Waals surface area contributed by atoms with Gasteiger partial charge in [0.1, 0.15) is 5.82 Å². The fraction of sp³-hybridized carbons (Fsp3) is 0.500. The van der Waals surface area contributed by atoms with Crippen LogP contribution in [-0.4, -0.2) is 35.7 Å². The molecule has 1 aromatic carbocycles. The second-order valence-corrected chi connectivity index (χ2v) is 5.56. The lowest BCUT2D eigenvalue weighted by Gasteiger charge is -2.27. The van der Waals surface area contributed by atoms with Gasteiger partial charge in [-0.3, -0.25) is 14.5 Å².